The number of Topliss-reactive ketones (excluding diaryl/α,β-unsaturated/α-hetero) is 1. The molecule has 140 valence electrons. The highest BCUT2D eigenvalue weighted by Gasteiger charge is 2.14. The second-order valence-corrected chi connectivity index (χ2v) is 6.99. The molecule has 0 N–H and O–H groups in total. The first kappa shape index (κ1) is 19.3. The molecule has 7 heteroatoms. The highest BCUT2D eigenvalue weighted by Crippen LogP contribution is 2.24. The van der Waals surface area contributed by atoms with Gasteiger partial charge in [0.25, 0.3) is 0 Å². The van der Waals surface area contributed by atoms with Crippen LogP contribution in [0.5, 0.6) is 0 Å². The molecule has 0 unspecified atom stereocenters. The Morgan fingerprint density at radius 3 is 2.63 bits per heavy atom. The van der Waals surface area contributed by atoms with Crippen molar-refractivity contribution in [3.05, 3.63) is 60.4 Å². The van der Waals surface area contributed by atoms with Crippen LogP contribution in [0.15, 0.2) is 60.0 Å². The number of thioether (sulfide) groups is 1. The number of aromatic nitrogens is 4. The molecule has 0 aliphatic heterocycles. The maximum atomic E-state index is 12.2. The van der Waals surface area contributed by atoms with Crippen molar-refractivity contribution < 1.29 is 9.53 Å². The first-order valence-corrected chi connectivity index (χ1v) is 9.81. The average Bonchev–Trinajstić information content (AvgIpc) is 3.13. The van der Waals surface area contributed by atoms with Gasteiger partial charge in [0.15, 0.2) is 16.8 Å². The van der Waals surface area contributed by atoms with Crippen LogP contribution in [0.25, 0.3) is 11.4 Å². The second kappa shape index (κ2) is 9.99. The lowest BCUT2D eigenvalue weighted by Gasteiger charge is -2.09. The highest BCUT2D eigenvalue weighted by atomic mass is 32.2. The fourth-order valence-electron chi connectivity index (χ4n) is 2.66. The summed E-state index contributed by atoms with van der Waals surface area (Å²) in [6.45, 7) is 1.25. The summed E-state index contributed by atoms with van der Waals surface area (Å²) >= 11 is 1.62. The molecule has 0 fully saturated rings. The number of hydrogen-bond acceptors (Lipinski definition) is 6. The van der Waals surface area contributed by atoms with Crippen molar-refractivity contribution in [2.75, 3.05) is 19.5 Å². The van der Waals surface area contributed by atoms with E-state index in [1.807, 2.05) is 42.5 Å². The van der Waals surface area contributed by atoms with E-state index >= 15 is 0 Å². The smallest absolute Gasteiger partial charge is 0.191 e. The number of carbonyl (C=O) groups excluding carboxylic acids is 1. The van der Waals surface area contributed by atoms with E-state index < -0.39 is 0 Å². The van der Waals surface area contributed by atoms with Gasteiger partial charge in [-0.25, -0.2) is 0 Å². The fourth-order valence-corrected chi connectivity index (χ4v) is 3.56. The Kier molecular flexibility index (Phi) is 7.12. The van der Waals surface area contributed by atoms with E-state index in [4.69, 9.17) is 4.74 Å². The first-order valence-electron chi connectivity index (χ1n) is 8.83. The number of benzene rings is 1. The number of methoxy groups -OCH3 is 1. The maximum Gasteiger partial charge on any atom is 0.191 e. The molecule has 0 atom stereocenters. The van der Waals surface area contributed by atoms with E-state index in [-0.39, 0.29) is 5.78 Å². The first-order chi connectivity index (χ1) is 13.3. The zero-order chi connectivity index (χ0) is 18.9. The third-order valence-corrected chi connectivity index (χ3v) is 5.10. The zero-order valence-corrected chi connectivity index (χ0v) is 16.1. The van der Waals surface area contributed by atoms with Gasteiger partial charge in [-0.1, -0.05) is 42.1 Å². The van der Waals surface area contributed by atoms with Crippen molar-refractivity contribution in [2.24, 2.45) is 0 Å². The average molecular weight is 382 g/mol. The number of pyridine rings is 1. The molecule has 0 saturated carbocycles. The van der Waals surface area contributed by atoms with Crippen LogP contribution in [0.2, 0.25) is 0 Å². The molecule has 0 spiro atoms. The predicted molar refractivity (Wildman–Crippen MR) is 106 cm³/mol. The van der Waals surface area contributed by atoms with Gasteiger partial charge in [-0.05, 0) is 18.6 Å². The number of rotatable bonds is 10. The largest absolute Gasteiger partial charge is 0.383 e. The summed E-state index contributed by atoms with van der Waals surface area (Å²) in [5, 5.41) is 9.52. The normalized spacial score (nSPS) is 10.9. The minimum Gasteiger partial charge on any atom is -0.383 e. The van der Waals surface area contributed by atoms with Gasteiger partial charge in [-0.15, -0.1) is 10.2 Å². The molecule has 0 radical (unpaired) electrons. The third kappa shape index (κ3) is 5.24. The molecule has 2 heterocycles. The lowest BCUT2D eigenvalue weighted by atomic mass is 10.1. The Hall–Kier alpha value is -2.51. The van der Waals surface area contributed by atoms with Crippen LogP contribution in [0.1, 0.15) is 23.2 Å². The number of carbonyl (C=O) groups is 1. The van der Waals surface area contributed by atoms with Gasteiger partial charge in [0, 0.05) is 42.8 Å². The summed E-state index contributed by atoms with van der Waals surface area (Å²) in [6, 6.07) is 13.2. The van der Waals surface area contributed by atoms with Gasteiger partial charge >= 0.3 is 0 Å². The topological polar surface area (TPSA) is 69.9 Å². The molecule has 27 heavy (non-hydrogen) atoms. The van der Waals surface area contributed by atoms with Gasteiger partial charge < -0.3 is 4.74 Å². The Balaban J connectivity index is 1.61. The summed E-state index contributed by atoms with van der Waals surface area (Å²) < 4.78 is 7.28. The maximum absolute atomic E-state index is 12.2. The molecule has 0 bridgehead atoms. The van der Waals surface area contributed by atoms with Crippen molar-refractivity contribution in [3.63, 3.8) is 0 Å². The molecule has 2 aromatic heterocycles. The number of ketones is 1. The van der Waals surface area contributed by atoms with E-state index in [0.29, 0.717) is 19.6 Å². The van der Waals surface area contributed by atoms with Gasteiger partial charge in [-0.3, -0.25) is 14.3 Å². The van der Waals surface area contributed by atoms with Crippen LogP contribution < -0.4 is 0 Å². The Bertz CT molecular complexity index is 853. The summed E-state index contributed by atoms with van der Waals surface area (Å²) in [5.74, 6) is 1.78. The molecule has 3 rings (SSSR count). The molecule has 0 aliphatic rings. The minimum absolute atomic E-state index is 0.175. The molecule has 0 aliphatic carbocycles. The van der Waals surface area contributed by atoms with Crippen molar-refractivity contribution in [2.45, 2.75) is 24.5 Å². The van der Waals surface area contributed by atoms with Crippen LogP contribution >= 0.6 is 11.8 Å². The number of hydrogen-bond donors (Lipinski definition) is 0. The van der Waals surface area contributed by atoms with Crippen molar-refractivity contribution in [3.8, 4) is 11.4 Å². The summed E-state index contributed by atoms with van der Waals surface area (Å²) in [6.07, 6.45) is 4.81. The molecular formula is C20H22N4O2S. The summed E-state index contributed by atoms with van der Waals surface area (Å²) in [4.78, 5) is 16.2. The molecular weight excluding hydrogens is 360 g/mol. The Morgan fingerprint density at radius 1 is 1.11 bits per heavy atom. The van der Waals surface area contributed by atoms with Gasteiger partial charge in [0.05, 0.1) is 13.2 Å². The lowest BCUT2D eigenvalue weighted by Crippen LogP contribution is -2.08. The quantitative estimate of drug-likeness (QED) is 0.302. The zero-order valence-electron chi connectivity index (χ0n) is 15.2. The van der Waals surface area contributed by atoms with Crippen molar-refractivity contribution in [1.29, 1.82) is 0 Å². The fraction of sp³-hybridized carbons (Fsp3) is 0.300. The van der Waals surface area contributed by atoms with Crippen molar-refractivity contribution >= 4 is 17.5 Å². The lowest BCUT2D eigenvalue weighted by molar-refractivity contribution is 0.0982. The Morgan fingerprint density at radius 2 is 1.89 bits per heavy atom. The van der Waals surface area contributed by atoms with Crippen LogP contribution in [0.3, 0.4) is 0 Å². The standard InChI is InChI=1S/C20H22N4O2S/c1-26-14-13-24-19(17-9-11-21-12-10-17)22-23-20(24)27-15-5-8-18(25)16-6-3-2-4-7-16/h2-4,6-7,9-12H,5,8,13-15H2,1H3. The van der Waals surface area contributed by atoms with Crippen LogP contribution in [0.4, 0.5) is 0 Å². The van der Waals surface area contributed by atoms with E-state index in [2.05, 4.69) is 19.7 Å². The minimum atomic E-state index is 0.175. The van der Waals surface area contributed by atoms with Crippen molar-refractivity contribution in [1.82, 2.24) is 19.7 Å². The third-order valence-electron chi connectivity index (χ3n) is 4.05. The van der Waals surface area contributed by atoms with E-state index in [0.717, 1.165) is 34.3 Å². The molecule has 1 aromatic carbocycles. The van der Waals surface area contributed by atoms with Gasteiger partial charge in [-0.2, -0.15) is 0 Å². The predicted octanol–water partition coefficient (Wildman–Crippen LogP) is 3.74. The highest BCUT2D eigenvalue weighted by molar-refractivity contribution is 7.99. The monoisotopic (exact) mass is 382 g/mol. The van der Waals surface area contributed by atoms with E-state index in [1.54, 1.807) is 31.3 Å². The molecule has 6 nitrogen and oxygen atoms in total. The van der Waals surface area contributed by atoms with Gasteiger partial charge in [0.2, 0.25) is 0 Å². The van der Waals surface area contributed by atoms with Gasteiger partial charge in [0.1, 0.15) is 0 Å². The molecule has 3 aromatic rings. The molecule has 0 amide bonds. The number of nitrogens with zero attached hydrogens (tertiary/aromatic N) is 4. The summed E-state index contributed by atoms with van der Waals surface area (Å²) in [7, 11) is 1.68. The Labute approximate surface area is 163 Å². The molecule has 0 saturated heterocycles. The number of ether oxygens (including phenoxy) is 1. The van der Waals surface area contributed by atoms with Crippen LogP contribution in [-0.2, 0) is 11.3 Å². The van der Waals surface area contributed by atoms with Crippen LogP contribution in [-0.4, -0.2) is 45.0 Å². The van der Waals surface area contributed by atoms with E-state index in [9.17, 15) is 4.79 Å². The van der Waals surface area contributed by atoms with Crippen LogP contribution in [0, 0.1) is 0 Å². The second-order valence-electron chi connectivity index (χ2n) is 5.93. The summed E-state index contributed by atoms with van der Waals surface area (Å²) in [5.41, 5.74) is 1.74. The SMILES string of the molecule is COCCn1c(SCCCC(=O)c2ccccc2)nnc1-c1ccncc1. The van der Waals surface area contributed by atoms with E-state index in [1.165, 1.54) is 0 Å².